The molecule has 0 saturated carbocycles. The van der Waals surface area contributed by atoms with Crippen LogP contribution in [-0.4, -0.2) is 15.7 Å². The van der Waals surface area contributed by atoms with Crippen LogP contribution >= 0.6 is 0 Å². The number of carbonyl (C=O) groups excluding carboxylic acids is 1. The van der Waals surface area contributed by atoms with Gasteiger partial charge in [0.2, 0.25) is 5.88 Å². The fourth-order valence-corrected chi connectivity index (χ4v) is 3.41. The van der Waals surface area contributed by atoms with E-state index in [1.807, 2.05) is 32.0 Å². The van der Waals surface area contributed by atoms with Crippen molar-refractivity contribution >= 4 is 11.6 Å². The number of hydrogen-bond donors (Lipinski definition) is 1. The molecule has 33 heavy (non-hydrogen) atoms. The first-order valence-corrected chi connectivity index (χ1v) is 10.4. The maximum Gasteiger partial charge on any atom is 0.262 e. The highest BCUT2D eigenvalue weighted by Crippen LogP contribution is 2.23. The second kappa shape index (κ2) is 9.65. The van der Waals surface area contributed by atoms with Crippen LogP contribution < -0.4 is 10.1 Å². The molecular formula is C26H23F2N3O2. The normalized spacial score (nSPS) is 10.8. The largest absolute Gasteiger partial charge is 0.471 e. The predicted octanol–water partition coefficient (Wildman–Crippen LogP) is 5.66. The number of benzene rings is 3. The number of rotatable bonds is 7. The second-order valence-corrected chi connectivity index (χ2v) is 7.87. The predicted molar refractivity (Wildman–Crippen MR) is 122 cm³/mol. The Bertz CT molecular complexity index is 1300. The molecule has 0 spiro atoms. The molecule has 1 N–H and O–H groups in total. The average Bonchev–Trinajstić information content (AvgIpc) is 3.17. The molecule has 0 radical (unpaired) electrons. The van der Waals surface area contributed by atoms with E-state index in [2.05, 4.69) is 10.4 Å². The van der Waals surface area contributed by atoms with E-state index in [-0.39, 0.29) is 42.1 Å². The zero-order valence-corrected chi connectivity index (χ0v) is 18.3. The van der Waals surface area contributed by atoms with Crippen LogP contribution in [0.4, 0.5) is 14.5 Å². The number of aromatic nitrogens is 2. The molecule has 1 aromatic heterocycles. The Morgan fingerprint density at radius 2 is 1.67 bits per heavy atom. The van der Waals surface area contributed by atoms with Crippen LogP contribution in [0, 0.1) is 25.5 Å². The van der Waals surface area contributed by atoms with Crippen LogP contribution in [0.2, 0.25) is 0 Å². The molecule has 1 heterocycles. The van der Waals surface area contributed by atoms with Crippen molar-refractivity contribution in [2.75, 3.05) is 5.32 Å². The molecule has 4 rings (SSSR count). The molecule has 0 aliphatic rings. The summed E-state index contributed by atoms with van der Waals surface area (Å²) in [6.45, 7) is 4.15. The number of amides is 1. The molecule has 168 valence electrons. The van der Waals surface area contributed by atoms with Crippen molar-refractivity contribution < 1.29 is 18.3 Å². The van der Waals surface area contributed by atoms with Crippen LogP contribution in [0.3, 0.4) is 0 Å². The van der Waals surface area contributed by atoms with Gasteiger partial charge in [-0.2, -0.15) is 0 Å². The van der Waals surface area contributed by atoms with E-state index >= 15 is 0 Å². The molecule has 0 atom stereocenters. The second-order valence-electron chi connectivity index (χ2n) is 7.87. The van der Waals surface area contributed by atoms with Gasteiger partial charge in [0.15, 0.2) is 0 Å². The van der Waals surface area contributed by atoms with Gasteiger partial charge in [-0.3, -0.25) is 9.48 Å². The maximum absolute atomic E-state index is 13.6. The summed E-state index contributed by atoms with van der Waals surface area (Å²) < 4.78 is 34.4. The minimum Gasteiger partial charge on any atom is -0.471 e. The van der Waals surface area contributed by atoms with Gasteiger partial charge in [-0.05, 0) is 66.4 Å². The highest BCUT2D eigenvalue weighted by atomic mass is 19.1. The van der Waals surface area contributed by atoms with E-state index in [1.165, 1.54) is 28.9 Å². The van der Waals surface area contributed by atoms with E-state index in [0.717, 1.165) is 11.1 Å². The molecule has 0 bridgehead atoms. The monoisotopic (exact) mass is 447 g/mol. The summed E-state index contributed by atoms with van der Waals surface area (Å²) in [4.78, 5) is 13.1. The third-order valence-corrected chi connectivity index (χ3v) is 5.11. The molecule has 5 nitrogen and oxygen atoms in total. The number of nitrogens with zero attached hydrogens (tertiary/aromatic N) is 2. The van der Waals surface area contributed by atoms with Crippen molar-refractivity contribution in [2.24, 2.45) is 0 Å². The van der Waals surface area contributed by atoms with E-state index in [0.29, 0.717) is 16.8 Å². The lowest BCUT2D eigenvalue weighted by Crippen LogP contribution is -2.14. The van der Waals surface area contributed by atoms with Crippen LogP contribution in [0.15, 0.2) is 72.9 Å². The number of nitrogens with one attached hydrogen (secondary N) is 1. The Balaban J connectivity index is 1.61. The molecule has 0 aliphatic heterocycles. The van der Waals surface area contributed by atoms with Gasteiger partial charge in [-0.15, -0.1) is 5.10 Å². The van der Waals surface area contributed by atoms with Gasteiger partial charge >= 0.3 is 0 Å². The first-order valence-electron chi connectivity index (χ1n) is 10.4. The number of hydrogen-bond acceptors (Lipinski definition) is 3. The summed E-state index contributed by atoms with van der Waals surface area (Å²) in [6.07, 6.45) is 1.56. The summed E-state index contributed by atoms with van der Waals surface area (Å²) in [5.41, 5.74) is 4.15. The molecule has 0 aliphatic carbocycles. The Morgan fingerprint density at radius 1 is 0.970 bits per heavy atom. The highest BCUT2D eigenvalue weighted by molar-refractivity contribution is 6.06. The summed E-state index contributed by atoms with van der Waals surface area (Å²) >= 11 is 0. The molecule has 7 heteroatoms. The Labute approximate surface area is 190 Å². The fraction of sp³-hybridized carbons (Fsp3) is 0.154. The first kappa shape index (κ1) is 22.2. The van der Waals surface area contributed by atoms with E-state index in [4.69, 9.17) is 4.74 Å². The van der Waals surface area contributed by atoms with Crippen molar-refractivity contribution in [1.82, 2.24) is 9.78 Å². The minimum atomic E-state index is -0.386. The Hall–Kier alpha value is -4.00. The lowest BCUT2D eigenvalue weighted by atomic mass is 10.1. The van der Waals surface area contributed by atoms with Crippen molar-refractivity contribution in [3.05, 3.63) is 112 Å². The van der Waals surface area contributed by atoms with Crippen LogP contribution in [0.25, 0.3) is 0 Å². The minimum absolute atomic E-state index is 0.0402. The number of halogens is 2. The van der Waals surface area contributed by atoms with E-state index in [1.54, 1.807) is 30.5 Å². The molecular weight excluding hydrogens is 424 g/mol. The van der Waals surface area contributed by atoms with Gasteiger partial charge < -0.3 is 10.1 Å². The Morgan fingerprint density at radius 3 is 2.39 bits per heavy atom. The summed E-state index contributed by atoms with van der Waals surface area (Å²) in [5, 5.41) is 7.30. The lowest BCUT2D eigenvalue weighted by molar-refractivity contribution is 0.102. The van der Waals surface area contributed by atoms with Gasteiger partial charge in [0.1, 0.15) is 23.8 Å². The van der Waals surface area contributed by atoms with Crippen LogP contribution in [-0.2, 0) is 13.2 Å². The van der Waals surface area contributed by atoms with Gasteiger partial charge in [0.05, 0.1) is 6.54 Å². The third-order valence-electron chi connectivity index (χ3n) is 5.11. The third kappa shape index (κ3) is 5.63. The number of aryl methyl sites for hydroxylation is 2. The van der Waals surface area contributed by atoms with Crippen molar-refractivity contribution in [1.29, 1.82) is 0 Å². The summed E-state index contributed by atoms with van der Waals surface area (Å²) in [5.74, 6) is -1.00. The maximum atomic E-state index is 13.6. The van der Waals surface area contributed by atoms with Gasteiger partial charge in [0.25, 0.3) is 5.91 Å². The smallest absolute Gasteiger partial charge is 0.262 e. The quantitative estimate of drug-likeness (QED) is 0.398. The van der Waals surface area contributed by atoms with Crippen LogP contribution in [0.5, 0.6) is 5.88 Å². The topological polar surface area (TPSA) is 56.2 Å². The van der Waals surface area contributed by atoms with E-state index < -0.39 is 0 Å². The first-order chi connectivity index (χ1) is 15.9. The number of carbonyl (C=O) groups is 1. The zero-order chi connectivity index (χ0) is 23.4. The molecule has 0 fully saturated rings. The fourth-order valence-electron chi connectivity index (χ4n) is 3.41. The van der Waals surface area contributed by atoms with Crippen molar-refractivity contribution in [3.8, 4) is 5.88 Å². The SMILES string of the molecule is Cc1ccc(C)c(NC(=O)c2cn(Cc3cccc(F)c3)nc2OCc2cccc(F)c2)c1. The van der Waals surface area contributed by atoms with Crippen molar-refractivity contribution in [3.63, 3.8) is 0 Å². The molecule has 0 saturated heterocycles. The molecule has 3 aromatic carbocycles. The van der Waals surface area contributed by atoms with Gasteiger partial charge in [-0.1, -0.05) is 36.4 Å². The Kier molecular flexibility index (Phi) is 6.49. The number of ether oxygens (including phenoxy) is 1. The van der Waals surface area contributed by atoms with E-state index in [9.17, 15) is 13.6 Å². The summed E-state index contributed by atoms with van der Waals surface area (Å²) in [7, 11) is 0. The molecule has 0 unspecified atom stereocenters. The summed E-state index contributed by atoms with van der Waals surface area (Å²) in [6, 6.07) is 18.0. The van der Waals surface area contributed by atoms with Crippen molar-refractivity contribution in [2.45, 2.75) is 27.0 Å². The van der Waals surface area contributed by atoms with Crippen LogP contribution in [0.1, 0.15) is 32.6 Å². The molecule has 1 amide bonds. The van der Waals surface area contributed by atoms with Gasteiger partial charge in [-0.25, -0.2) is 8.78 Å². The highest BCUT2D eigenvalue weighted by Gasteiger charge is 2.19. The van der Waals surface area contributed by atoms with Gasteiger partial charge in [0, 0.05) is 11.9 Å². The molecule has 4 aromatic rings. The lowest BCUT2D eigenvalue weighted by Gasteiger charge is -2.10. The standard InChI is InChI=1S/C26H23F2N3O2/c1-17-9-10-18(2)24(11-17)29-25(32)23-15-31(14-19-5-3-7-21(27)12-19)30-26(23)33-16-20-6-4-8-22(28)13-20/h3-13,15H,14,16H2,1-2H3,(H,29,32). The number of anilines is 1. The zero-order valence-electron chi connectivity index (χ0n) is 18.3. The average molecular weight is 447 g/mol.